The molecule has 0 heteroatoms. The van der Waals surface area contributed by atoms with Crippen LogP contribution in [-0.4, -0.2) is 0 Å². The van der Waals surface area contributed by atoms with E-state index >= 15 is 0 Å². The van der Waals surface area contributed by atoms with Gasteiger partial charge in [-0.25, -0.2) is 0 Å². The van der Waals surface area contributed by atoms with E-state index in [4.69, 9.17) is 0 Å². The lowest BCUT2D eigenvalue weighted by Crippen LogP contribution is -1.82. The van der Waals surface area contributed by atoms with Gasteiger partial charge in [0, 0.05) is 0 Å². The molecule has 1 rings (SSSR count). The van der Waals surface area contributed by atoms with E-state index in [0.29, 0.717) is 0 Å². The summed E-state index contributed by atoms with van der Waals surface area (Å²) in [6, 6.07) is 8.61. The number of hydrogen-bond donors (Lipinski definition) is 0. The molecule has 0 radical (unpaired) electrons. The van der Waals surface area contributed by atoms with Crippen LogP contribution in [0.3, 0.4) is 0 Å². The number of hydrogen-bond acceptors (Lipinski definition) is 0. The van der Waals surface area contributed by atoms with Crippen molar-refractivity contribution in [2.24, 2.45) is 0 Å². The third-order valence-corrected chi connectivity index (χ3v) is 2.76. The Balaban J connectivity index is 0.00000172. The van der Waals surface area contributed by atoms with Crippen LogP contribution in [0.25, 0.3) is 5.57 Å². The lowest BCUT2D eigenvalue weighted by atomic mass is 10.0. The summed E-state index contributed by atoms with van der Waals surface area (Å²) in [7, 11) is 0. The van der Waals surface area contributed by atoms with E-state index in [9.17, 15) is 0 Å². The number of rotatable bonds is 6. The summed E-state index contributed by atoms with van der Waals surface area (Å²) >= 11 is 0. The maximum Gasteiger partial charge on any atom is -0.0163 e. The predicted octanol–water partition coefficient (Wildman–Crippen LogP) is 5.59. The largest absolute Gasteiger partial charge is 0.124 e. The average molecular weight is 264 g/mol. The highest BCUT2D eigenvalue weighted by atomic mass is 14.0. The fourth-order valence-corrected chi connectivity index (χ4v) is 1.61. The van der Waals surface area contributed by atoms with E-state index in [0.717, 1.165) is 18.4 Å². The van der Waals surface area contributed by atoms with Crippen molar-refractivity contribution < 1.29 is 0 Å². The van der Waals surface area contributed by atoms with Gasteiger partial charge in [0.15, 0.2) is 0 Å². The van der Waals surface area contributed by atoms with Gasteiger partial charge < -0.3 is 0 Å². The van der Waals surface area contributed by atoms with Gasteiger partial charge in [-0.3, -0.25) is 0 Å². The topological polar surface area (TPSA) is 0 Å². The van der Waals surface area contributed by atoms with E-state index in [-0.39, 0.29) is 0 Å². The monoisotopic (exact) mass is 264 g/mol. The minimum atomic E-state index is 0.941. The van der Waals surface area contributed by atoms with Crippen molar-refractivity contribution in [3.63, 3.8) is 0 Å². The van der Waals surface area contributed by atoms with Gasteiger partial charge in [0.05, 0.1) is 0 Å². The Morgan fingerprint density at radius 3 is 2.30 bits per heavy atom. The van der Waals surface area contributed by atoms with Gasteiger partial charge in [0.25, 0.3) is 0 Å². The third-order valence-electron chi connectivity index (χ3n) is 2.76. The second-order valence-electron chi connectivity index (χ2n) is 4.17. The maximum absolute atomic E-state index is 4.09. The first-order valence-electron chi connectivity index (χ1n) is 6.83. The quantitative estimate of drug-likeness (QED) is 0.464. The minimum Gasteiger partial charge on any atom is -0.124 e. The number of terminal acetylenes is 1. The summed E-state index contributed by atoms with van der Waals surface area (Å²) < 4.78 is 0. The van der Waals surface area contributed by atoms with Crippen LogP contribution in [-0.2, 0) is 6.42 Å². The molecule has 0 nitrogen and oxygen atoms in total. The van der Waals surface area contributed by atoms with Gasteiger partial charge in [0.2, 0.25) is 0 Å². The molecule has 0 aliphatic heterocycles. The molecular formula is C20H24. The molecule has 1 aromatic carbocycles. The van der Waals surface area contributed by atoms with E-state index in [1.807, 2.05) is 19.1 Å². The molecule has 0 aliphatic carbocycles. The first kappa shape index (κ1) is 17.7. The molecule has 20 heavy (non-hydrogen) atoms. The van der Waals surface area contributed by atoms with Crippen molar-refractivity contribution in [2.45, 2.75) is 26.7 Å². The fourth-order valence-electron chi connectivity index (χ4n) is 1.61. The van der Waals surface area contributed by atoms with Crippen molar-refractivity contribution in [1.29, 1.82) is 0 Å². The zero-order valence-corrected chi connectivity index (χ0v) is 12.5. The van der Waals surface area contributed by atoms with Crippen LogP contribution in [0.4, 0.5) is 0 Å². The molecule has 0 saturated carbocycles. The summed E-state index contributed by atoms with van der Waals surface area (Å²) in [6.07, 6.45) is 22.5. The molecule has 0 heterocycles. The maximum atomic E-state index is 4.09. The van der Waals surface area contributed by atoms with Crippen LogP contribution in [0.1, 0.15) is 31.4 Å². The van der Waals surface area contributed by atoms with Crippen molar-refractivity contribution in [2.75, 3.05) is 0 Å². The highest BCUT2D eigenvalue weighted by Crippen LogP contribution is 2.15. The van der Waals surface area contributed by atoms with Crippen LogP contribution in [0, 0.1) is 12.8 Å². The Kier molecular flexibility index (Phi) is 10.5. The normalized spacial score (nSPS) is 10.8. The summed E-state index contributed by atoms with van der Waals surface area (Å²) in [4.78, 5) is 0. The zero-order valence-electron chi connectivity index (χ0n) is 12.5. The second-order valence-corrected chi connectivity index (χ2v) is 4.17. The van der Waals surface area contributed by atoms with Crippen LogP contribution >= 0.6 is 0 Å². The van der Waals surface area contributed by atoms with E-state index in [1.54, 1.807) is 0 Å². The Morgan fingerprint density at radius 1 is 1.10 bits per heavy atom. The standard InChI is InChI=1S/C18H22.C2H2/c1-4-6-7-8-9-10-11-16(3)18-14-12-17(5-2)13-15-18;1-2/h4,6-8,10-15H,3,5,9H2,1-2H3;1-2H/b6-4-,8-7-,11-10+;. The molecule has 0 saturated heterocycles. The molecule has 104 valence electrons. The highest BCUT2D eigenvalue weighted by Gasteiger charge is 1.94. The molecule has 0 amide bonds. The Bertz CT molecular complexity index is 479. The summed E-state index contributed by atoms with van der Waals surface area (Å²) in [6.45, 7) is 8.27. The average Bonchev–Trinajstić information content (AvgIpc) is 2.52. The highest BCUT2D eigenvalue weighted by molar-refractivity contribution is 5.71. The molecule has 0 atom stereocenters. The molecule has 0 fully saturated rings. The van der Waals surface area contributed by atoms with E-state index < -0.39 is 0 Å². The number of allylic oxidation sites excluding steroid dienone is 7. The first-order valence-corrected chi connectivity index (χ1v) is 6.83. The van der Waals surface area contributed by atoms with Crippen LogP contribution in [0.2, 0.25) is 0 Å². The van der Waals surface area contributed by atoms with Crippen LogP contribution in [0.5, 0.6) is 0 Å². The summed E-state index contributed by atoms with van der Waals surface area (Å²) in [5.41, 5.74) is 3.63. The molecular weight excluding hydrogens is 240 g/mol. The Morgan fingerprint density at radius 2 is 1.75 bits per heavy atom. The lowest BCUT2D eigenvalue weighted by Gasteiger charge is -2.02. The minimum absolute atomic E-state index is 0.941. The van der Waals surface area contributed by atoms with Crippen molar-refractivity contribution in [3.8, 4) is 12.8 Å². The van der Waals surface area contributed by atoms with E-state index in [1.165, 1.54) is 11.1 Å². The zero-order chi connectivity index (χ0) is 15.2. The second kappa shape index (κ2) is 11.8. The molecule has 0 N–H and O–H groups in total. The fraction of sp³-hybridized carbons (Fsp3) is 0.200. The SMILES string of the molecule is C#C.C=C(/C=C/C/C=C\C=C/C)c1ccc(CC)cc1. The number of benzene rings is 1. The van der Waals surface area contributed by atoms with Gasteiger partial charge in [-0.05, 0) is 36.5 Å². The molecule has 1 aromatic rings. The summed E-state index contributed by atoms with van der Waals surface area (Å²) in [5, 5.41) is 0. The summed E-state index contributed by atoms with van der Waals surface area (Å²) in [5.74, 6) is 0. The Labute approximate surface area is 124 Å². The predicted molar refractivity (Wildman–Crippen MR) is 92.5 cm³/mol. The first-order chi connectivity index (χ1) is 9.77. The lowest BCUT2D eigenvalue weighted by molar-refractivity contribution is 1.14. The van der Waals surface area contributed by atoms with Gasteiger partial charge >= 0.3 is 0 Å². The van der Waals surface area contributed by atoms with Gasteiger partial charge in [-0.1, -0.05) is 74.2 Å². The number of aryl methyl sites for hydroxylation is 1. The van der Waals surface area contributed by atoms with Gasteiger partial charge in [-0.2, -0.15) is 0 Å². The smallest absolute Gasteiger partial charge is 0.0163 e. The van der Waals surface area contributed by atoms with Crippen LogP contribution in [0.15, 0.2) is 67.3 Å². The van der Waals surface area contributed by atoms with Crippen molar-refractivity contribution >= 4 is 5.57 Å². The third kappa shape index (κ3) is 7.24. The van der Waals surface area contributed by atoms with Gasteiger partial charge in [0.1, 0.15) is 0 Å². The molecule has 0 spiro atoms. The molecule has 0 unspecified atom stereocenters. The Hall–Kier alpha value is -2.26. The van der Waals surface area contributed by atoms with Crippen molar-refractivity contribution in [1.82, 2.24) is 0 Å². The molecule has 0 bridgehead atoms. The van der Waals surface area contributed by atoms with Crippen LogP contribution < -0.4 is 0 Å². The molecule has 0 aliphatic rings. The van der Waals surface area contributed by atoms with Gasteiger partial charge in [-0.15, -0.1) is 12.8 Å². The van der Waals surface area contributed by atoms with Crippen molar-refractivity contribution in [3.05, 3.63) is 78.4 Å². The van der Waals surface area contributed by atoms with E-state index in [2.05, 4.69) is 74.9 Å². The molecule has 0 aromatic heterocycles.